The molecule has 0 unspecified atom stereocenters. The molecule has 1 atom stereocenters. The molecule has 0 heterocycles. The predicted molar refractivity (Wildman–Crippen MR) is 91.3 cm³/mol. The molecule has 0 bridgehead atoms. The van der Waals surface area contributed by atoms with Gasteiger partial charge in [-0.2, -0.15) is 0 Å². The number of carbonyl (C=O) groups is 1. The second-order valence-electron chi connectivity index (χ2n) is 5.14. The molecule has 2 aromatic carbocycles. The molecule has 0 radical (unpaired) electrons. The minimum Gasteiger partial charge on any atom is -0.497 e. The highest BCUT2D eigenvalue weighted by Crippen LogP contribution is 2.23. The van der Waals surface area contributed by atoms with Crippen LogP contribution in [0.1, 0.15) is 18.1 Å². The Hall–Kier alpha value is -1.94. The highest BCUT2D eigenvalue weighted by atomic mass is 32.2. The molecule has 0 aliphatic heterocycles. The van der Waals surface area contributed by atoms with Crippen molar-refractivity contribution in [3.63, 3.8) is 0 Å². The van der Waals surface area contributed by atoms with Crippen LogP contribution in [0.25, 0.3) is 0 Å². The summed E-state index contributed by atoms with van der Waals surface area (Å²) in [6.45, 7) is 4.51. The van der Waals surface area contributed by atoms with Crippen molar-refractivity contribution in [1.29, 1.82) is 0 Å². The van der Waals surface area contributed by atoms with Crippen molar-refractivity contribution in [2.75, 3.05) is 7.11 Å². The van der Waals surface area contributed by atoms with Crippen LogP contribution in [0.5, 0.6) is 5.75 Å². The van der Waals surface area contributed by atoms with Gasteiger partial charge in [0.2, 0.25) is 5.91 Å². The molecule has 0 aliphatic carbocycles. The number of thioether (sulfide) groups is 1. The number of ether oxygens (including phenoxy) is 1. The molecule has 116 valence electrons. The molecular formula is C18H21NO2S. The van der Waals surface area contributed by atoms with Crippen molar-refractivity contribution in [2.24, 2.45) is 0 Å². The molecule has 1 amide bonds. The van der Waals surface area contributed by atoms with Gasteiger partial charge < -0.3 is 10.1 Å². The van der Waals surface area contributed by atoms with Gasteiger partial charge in [0.25, 0.3) is 0 Å². The highest BCUT2D eigenvalue weighted by molar-refractivity contribution is 8.00. The summed E-state index contributed by atoms with van der Waals surface area (Å²) in [7, 11) is 1.64. The minimum absolute atomic E-state index is 0.0430. The Labute approximate surface area is 136 Å². The molecule has 2 aromatic rings. The van der Waals surface area contributed by atoms with Crippen LogP contribution in [0.15, 0.2) is 53.4 Å². The third-order valence-corrected chi connectivity index (χ3v) is 4.44. The van der Waals surface area contributed by atoms with E-state index < -0.39 is 0 Å². The molecule has 0 aromatic heterocycles. The third-order valence-electron chi connectivity index (χ3n) is 3.33. The van der Waals surface area contributed by atoms with E-state index >= 15 is 0 Å². The van der Waals surface area contributed by atoms with Gasteiger partial charge in [-0.1, -0.05) is 29.8 Å². The lowest BCUT2D eigenvalue weighted by atomic mass is 10.2. The predicted octanol–water partition coefficient (Wildman–Crippen LogP) is 3.80. The molecule has 1 N–H and O–H groups in total. The van der Waals surface area contributed by atoms with Gasteiger partial charge in [0.1, 0.15) is 5.75 Å². The Bertz CT molecular complexity index is 608. The van der Waals surface area contributed by atoms with Crippen molar-refractivity contribution in [2.45, 2.75) is 30.5 Å². The molecule has 0 saturated heterocycles. The summed E-state index contributed by atoms with van der Waals surface area (Å²) in [6.07, 6.45) is 0. The zero-order valence-electron chi connectivity index (χ0n) is 13.1. The summed E-state index contributed by atoms with van der Waals surface area (Å²) >= 11 is 1.57. The van der Waals surface area contributed by atoms with Gasteiger partial charge in [-0.25, -0.2) is 0 Å². The fraction of sp³-hybridized carbons (Fsp3) is 0.278. The zero-order chi connectivity index (χ0) is 15.9. The van der Waals surface area contributed by atoms with Crippen molar-refractivity contribution in [3.05, 3.63) is 59.7 Å². The van der Waals surface area contributed by atoms with Gasteiger partial charge in [-0.15, -0.1) is 11.8 Å². The summed E-state index contributed by atoms with van der Waals surface area (Å²) < 4.78 is 5.12. The Morgan fingerprint density at radius 2 is 1.77 bits per heavy atom. The highest BCUT2D eigenvalue weighted by Gasteiger charge is 2.13. The normalized spacial score (nSPS) is 11.8. The summed E-state index contributed by atoms with van der Waals surface area (Å²) in [5.41, 5.74) is 2.28. The number of nitrogens with one attached hydrogen (secondary N) is 1. The van der Waals surface area contributed by atoms with E-state index in [-0.39, 0.29) is 11.2 Å². The lowest BCUT2D eigenvalue weighted by Gasteiger charge is -2.12. The van der Waals surface area contributed by atoms with E-state index in [9.17, 15) is 4.79 Å². The van der Waals surface area contributed by atoms with E-state index in [4.69, 9.17) is 4.74 Å². The number of benzene rings is 2. The van der Waals surface area contributed by atoms with E-state index in [1.165, 1.54) is 5.56 Å². The molecule has 22 heavy (non-hydrogen) atoms. The average Bonchev–Trinajstić information content (AvgIpc) is 2.55. The monoisotopic (exact) mass is 315 g/mol. The summed E-state index contributed by atoms with van der Waals surface area (Å²) in [4.78, 5) is 13.3. The zero-order valence-corrected chi connectivity index (χ0v) is 13.9. The van der Waals surface area contributed by atoms with Crippen LogP contribution in [0.3, 0.4) is 0 Å². The van der Waals surface area contributed by atoms with Gasteiger partial charge in [0.15, 0.2) is 0 Å². The Kier molecular flexibility index (Phi) is 5.90. The fourth-order valence-electron chi connectivity index (χ4n) is 1.95. The van der Waals surface area contributed by atoms with Crippen LogP contribution in [0.4, 0.5) is 0 Å². The van der Waals surface area contributed by atoms with Crippen LogP contribution >= 0.6 is 11.8 Å². The van der Waals surface area contributed by atoms with E-state index in [0.29, 0.717) is 6.54 Å². The lowest BCUT2D eigenvalue weighted by molar-refractivity contribution is -0.120. The molecule has 0 spiro atoms. The van der Waals surface area contributed by atoms with E-state index in [1.807, 2.05) is 43.3 Å². The number of methoxy groups -OCH3 is 1. The summed E-state index contributed by atoms with van der Waals surface area (Å²) in [5.74, 6) is 0.861. The summed E-state index contributed by atoms with van der Waals surface area (Å²) in [6, 6.07) is 15.9. The summed E-state index contributed by atoms with van der Waals surface area (Å²) in [5, 5.41) is 2.84. The first-order valence-electron chi connectivity index (χ1n) is 7.22. The van der Waals surface area contributed by atoms with Crippen LogP contribution in [-0.2, 0) is 11.3 Å². The van der Waals surface area contributed by atoms with E-state index in [2.05, 4.69) is 24.4 Å². The van der Waals surface area contributed by atoms with Gasteiger partial charge in [0.05, 0.1) is 12.4 Å². The van der Waals surface area contributed by atoms with Crippen LogP contribution in [-0.4, -0.2) is 18.3 Å². The fourth-order valence-corrected chi connectivity index (χ4v) is 2.84. The molecule has 0 aliphatic rings. The molecule has 0 fully saturated rings. The Morgan fingerprint density at radius 1 is 1.14 bits per heavy atom. The van der Waals surface area contributed by atoms with Crippen molar-refractivity contribution in [3.8, 4) is 5.75 Å². The molecule has 0 saturated carbocycles. The Balaban J connectivity index is 1.84. The van der Waals surface area contributed by atoms with E-state index in [0.717, 1.165) is 16.2 Å². The minimum atomic E-state index is -0.124. The first-order chi connectivity index (χ1) is 10.6. The smallest absolute Gasteiger partial charge is 0.233 e. The maximum Gasteiger partial charge on any atom is 0.233 e. The first kappa shape index (κ1) is 16.4. The second-order valence-corrected chi connectivity index (χ2v) is 6.55. The molecule has 3 nitrogen and oxygen atoms in total. The number of amides is 1. The number of rotatable bonds is 6. The van der Waals surface area contributed by atoms with Crippen LogP contribution in [0, 0.1) is 6.92 Å². The quantitative estimate of drug-likeness (QED) is 0.824. The third kappa shape index (κ3) is 4.81. The van der Waals surface area contributed by atoms with E-state index in [1.54, 1.807) is 18.9 Å². The lowest BCUT2D eigenvalue weighted by Crippen LogP contribution is -2.30. The largest absolute Gasteiger partial charge is 0.497 e. The Morgan fingerprint density at radius 3 is 2.36 bits per heavy atom. The first-order valence-corrected chi connectivity index (χ1v) is 8.10. The topological polar surface area (TPSA) is 38.3 Å². The maximum atomic E-state index is 12.2. The van der Waals surface area contributed by atoms with Crippen LogP contribution < -0.4 is 10.1 Å². The van der Waals surface area contributed by atoms with Crippen molar-refractivity contribution < 1.29 is 9.53 Å². The average molecular weight is 315 g/mol. The number of hydrogen-bond donors (Lipinski definition) is 1. The van der Waals surface area contributed by atoms with Gasteiger partial charge >= 0.3 is 0 Å². The number of carbonyl (C=O) groups excluding carboxylic acids is 1. The van der Waals surface area contributed by atoms with Crippen LogP contribution in [0.2, 0.25) is 0 Å². The van der Waals surface area contributed by atoms with Gasteiger partial charge in [-0.3, -0.25) is 4.79 Å². The molecule has 2 rings (SSSR count). The second kappa shape index (κ2) is 7.90. The van der Waals surface area contributed by atoms with Crippen molar-refractivity contribution >= 4 is 17.7 Å². The number of hydrogen-bond acceptors (Lipinski definition) is 3. The van der Waals surface area contributed by atoms with Gasteiger partial charge in [0, 0.05) is 11.4 Å². The SMILES string of the molecule is COc1ccc(CNC(=O)[C@H](C)Sc2ccc(C)cc2)cc1. The van der Waals surface area contributed by atoms with Crippen molar-refractivity contribution in [1.82, 2.24) is 5.32 Å². The van der Waals surface area contributed by atoms with Gasteiger partial charge in [-0.05, 0) is 43.7 Å². The molecular weight excluding hydrogens is 294 g/mol. The number of aryl methyl sites for hydroxylation is 1. The standard InChI is InChI=1S/C18H21NO2S/c1-13-4-10-17(11-5-13)22-14(2)18(20)19-12-15-6-8-16(21-3)9-7-15/h4-11,14H,12H2,1-3H3,(H,19,20)/t14-/m0/s1. The maximum absolute atomic E-state index is 12.2. The molecule has 4 heteroatoms.